The molecule has 0 fully saturated rings. The highest BCUT2D eigenvalue weighted by Crippen LogP contribution is 2.31. The number of aliphatic carboxylic acids is 1. The lowest BCUT2D eigenvalue weighted by atomic mass is 10.0. The van der Waals surface area contributed by atoms with Crippen LogP contribution in [0.4, 0.5) is 5.69 Å². The van der Waals surface area contributed by atoms with Crippen LogP contribution >= 0.6 is 11.3 Å². The number of anilines is 1. The second kappa shape index (κ2) is 11.0. The first-order chi connectivity index (χ1) is 18.3. The molecule has 1 aliphatic heterocycles. The maximum Gasteiger partial charge on any atom is 0.318 e. The molecule has 0 bridgehead atoms. The molecule has 0 atom stereocenters. The van der Waals surface area contributed by atoms with Crippen molar-refractivity contribution < 1.29 is 27.5 Å². The Bertz CT molecular complexity index is 1530. The Balaban J connectivity index is 1.33. The predicted molar refractivity (Wildman–Crippen MR) is 144 cm³/mol. The molecule has 0 radical (unpaired) electrons. The summed E-state index contributed by atoms with van der Waals surface area (Å²) in [6.45, 7) is 1.52. The van der Waals surface area contributed by atoms with Crippen LogP contribution in [0.3, 0.4) is 0 Å². The first-order valence-electron chi connectivity index (χ1n) is 12.1. The van der Waals surface area contributed by atoms with E-state index in [1.165, 1.54) is 15.6 Å². The number of aryl methyl sites for hydroxylation is 2. The van der Waals surface area contributed by atoms with Crippen molar-refractivity contribution in [3.05, 3.63) is 88.6 Å². The number of fused-ring (bicyclic) bond motifs is 1. The van der Waals surface area contributed by atoms with Crippen LogP contribution in [-0.2, 0) is 34.6 Å². The molecule has 198 valence electrons. The fourth-order valence-electron chi connectivity index (χ4n) is 4.40. The zero-order valence-corrected chi connectivity index (χ0v) is 22.4. The molecule has 0 aliphatic carbocycles. The Morgan fingerprint density at radius 2 is 2.03 bits per heavy atom. The van der Waals surface area contributed by atoms with Crippen LogP contribution in [0.25, 0.3) is 10.8 Å². The average Bonchev–Trinajstić information content (AvgIpc) is 3.57. The van der Waals surface area contributed by atoms with E-state index in [0.29, 0.717) is 47.3 Å². The van der Waals surface area contributed by atoms with Gasteiger partial charge in [-0.3, -0.25) is 9.10 Å². The van der Waals surface area contributed by atoms with Crippen molar-refractivity contribution in [2.75, 3.05) is 17.4 Å². The summed E-state index contributed by atoms with van der Waals surface area (Å²) in [5.74, 6) is 0.483. The Morgan fingerprint density at radius 3 is 2.82 bits per heavy atom. The molecule has 2 aromatic carbocycles. The van der Waals surface area contributed by atoms with Crippen molar-refractivity contribution in [1.82, 2.24) is 9.29 Å². The molecular weight excluding hydrogens is 526 g/mol. The van der Waals surface area contributed by atoms with Gasteiger partial charge in [-0.2, -0.15) is 12.7 Å². The molecule has 0 saturated carbocycles. The number of para-hydroxylation sites is 1. The number of ether oxygens (including phenoxy) is 1. The molecule has 0 saturated heterocycles. The number of oxazole rings is 1. The average molecular weight is 554 g/mol. The van der Waals surface area contributed by atoms with E-state index in [9.17, 15) is 18.3 Å². The Hall–Kier alpha value is -3.67. The SMILES string of the molecule is Cc1oc(-c2cccs2)nc1COc1cccc(CN(CC(=O)O)S(=O)(=O)N2CCCc3ccccc32)c1. The number of nitrogens with zero attached hydrogens (tertiary/aromatic N) is 3. The maximum absolute atomic E-state index is 13.7. The van der Waals surface area contributed by atoms with Gasteiger partial charge < -0.3 is 14.3 Å². The van der Waals surface area contributed by atoms with Crippen molar-refractivity contribution in [2.24, 2.45) is 0 Å². The van der Waals surface area contributed by atoms with Gasteiger partial charge in [-0.1, -0.05) is 36.4 Å². The maximum atomic E-state index is 13.7. The molecule has 11 heteroatoms. The number of aromatic nitrogens is 1. The van der Waals surface area contributed by atoms with E-state index in [1.54, 1.807) is 36.4 Å². The zero-order chi connectivity index (χ0) is 26.7. The molecule has 0 amide bonds. The van der Waals surface area contributed by atoms with Gasteiger partial charge in [-0.05, 0) is 60.5 Å². The second-order valence-corrected chi connectivity index (χ2v) is 11.7. The number of carboxylic acid groups (broad SMARTS) is 1. The summed E-state index contributed by atoms with van der Waals surface area (Å²) in [7, 11) is -4.10. The van der Waals surface area contributed by atoms with Crippen LogP contribution in [0.2, 0.25) is 0 Å². The van der Waals surface area contributed by atoms with E-state index < -0.39 is 22.7 Å². The van der Waals surface area contributed by atoms with E-state index in [0.717, 1.165) is 21.2 Å². The van der Waals surface area contributed by atoms with E-state index in [1.807, 2.05) is 36.6 Å². The van der Waals surface area contributed by atoms with Crippen LogP contribution in [0.5, 0.6) is 5.75 Å². The normalized spacial score (nSPS) is 13.5. The molecule has 1 N–H and O–H groups in total. The molecule has 0 unspecified atom stereocenters. The Labute approximate surface area is 225 Å². The number of hydrogen-bond donors (Lipinski definition) is 1. The number of benzene rings is 2. The van der Waals surface area contributed by atoms with Gasteiger partial charge in [-0.25, -0.2) is 4.98 Å². The predicted octanol–water partition coefficient (Wildman–Crippen LogP) is 4.87. The van der Waals surface area contributed by atoms with Crippen molar-refractivity contribution in [3.63, 3.8) is 0 Å². The third-order valence-corrected chi connectivity index (χ3v) is 8.95. The smallest absolute Gasteiger partial charge is 0.318 e. The lowest BCUT2D eigenvalue weighted by molar-refractivity contribution is -0.137. The zero-order valence-electron chi connectivity index (χ0n) is 20.7. The van der Waals surface area contributed by atoms with Gasteiger partial charge in [0.05, 0.1) is 10.6 Å². The molecule has 1 aliphatic rings. The summed E-state index contributed by atoms with van der Waals surface area (Å²) in [6.07, 6.45) is 1.44. The van der Waals surface area contributed by atoms with Crippen LogP contribution < -0.4 is 9.04 Å². The fourth-order valence-corrected chi connectivity index (χ4v) is 6.70. The highest BCUT2D eigenvalue weighted by atomic mass is 32.2. The van der Waals surface area contributed by atoms with E-state index in [-0.39, 0.29) is 13.2 Å². The topological polar surface area (TPSA) is 113 Å². The van der Waals surface area contributed by atoms with Crippen molar-refractivity contribution in [1.29, 1.82) is 0 Å². The third-order valence-electron chi connectivity index (χ3n) is 6.24. The molecule has 4 aromatic rings. The van der Waals surface area contributed by atoms with Crippen molar-refractivity contribution in [3.8, 4) is 16.5 Å². The summed E-state index contributed by atoms with van der Waals surface area (Å²) in [6, 6.07) is 18.2. The van der Waals surface area contributed by atoms with Gasteiger partial charge in [-0.15, -0.1) is 11.3 Å². The minimum atomic E-state index is -4.10. The van der Waals surface area contributed by atoms with Crippen LogP contribution in [0, 0.1) is 6.92 Å². The Kier molecular flexibility index (Phi) is 7.50. The van der Waals surface area contributed by atoms with Gasteiger partial charge in [0.2, 0.25) is 5.89 Å². The quantitative estimate of drug-likeness (QED) is 0.298. The minimum Gasteiger partial charge on any atom is -0.487 e. The van der Waals surface area contributed by atoms with Gasteiger partial charge >= 0.3 is 16.2 Å². The first-order valence-corrected chi connectivity index (χ1v) is 14.4. The number of carbonyl (C=O) groups is 1. The largest absolute Gasteiger partial charge is 0.487 e. The lowest BCUT2D eigenvalue weighted by Gasteiger charge is -2.34. The van der Waals surface area contributed by atoms with E-state index in [4.69, 9.17) is 9.15 Å². The summed E-state index contributed by atoms with van der Waals surface area (Å²) in [5, 5.41) is 11.5. The van der Waals surface area contributed by atoms with Crippen molar-refractivity contribution in [2.45, 2.75) is 32.9 Å². The lowest BCUT2D eigenvalue weighted by Crippen LogP contribution is -2.47. The van der Waals surface area contributed by atoms with E-state index >= 15 is 0 Å². The number of carboxylic acids is 1. The molecular formula is C27H27N3O6S2. The van der Waals surface area contributed by atoms with Gasteiger partial charge in [0.1, 0.15) is 30.4 Å². The Morgan fingerprint density at radius 1 is 1.18 bits per heavy atom. The fraction of sp³-hybridized carbons (Fsp3) is 0.259. The van der Waals surface area contributed by atoms with Gasteiger partial charge in [0, 0.05) is 13.1 Å². The number of thiophene rings is 1. The van der Waals surface area contributed by atoms with Crippen LogP contribution in [-0.4, -0.2) is 41.9 Å². The second-order valence-electron chi connectivity index (χ2n) is 8.91. The highest BCUT2D eigenvalue weighted by Gasteiger charge is 2.34. The number of hydrogen-bond acceptors (Lipinski definition) is 7. The molecule has 38 heavy (non-hydrogen) atoms. The summed E-state index contributed by atoms with van der Waals surface area (Å²) in [4.78, 5) is 17.1. The molecule has 0 spiro atoms. The minimum absolute atomic E-state index is 0.115. The third kappa shape index (κ3) is 5.59. The summed E-state index contributed by atoms with van der Waals surface area (Å²) < 4.78 is 41.3. The highest BCUT2D eigenvalue weighted by molar-refractivity contribution is 7.90. The molecule has 3 heterocycles. The van der Waals surface area contributed by atoms with Gasteiger partial charge in [0.15, 0.2) is 0 Å². The monoisotopic (exact) mass is 553 g/mol. The van der Waals surface area contributed by atoms with Gasteiger partial charge in [0.25, 0.3) is 0 Å². The first kappa shape index (κ1) is 26.0. The van der Waals surface area contributed by atoms with Crippen LogP contribution in [0.15, 0.2) is 70.5 Å². The number of rotatable bonds is 10. The summed E-state index contributed by atoms with van der Waals surface area (Å²) >= 11 is 1.54. The molecule has 5 rings (SSSR count). The van der Waals surface area contributed by atoms with Crippen molar-refractivity contribution >= 4 is 33.2 Å². The van der Waals surface area contributed by atoms with Crippen LogP contribution in [0.1, 0.15) is 29.0 Å². The summed E-state index contributed by atoms with van der Waals surface area (Å²) in [5.41, 5.74) is 2.79. The molecule has 2 aromatic heterocycles. The van der Waals surface area contributed by atoms with E-state index in [2.05, 4.69) is 4.98 Å². The molecule has 9 nitrogen and oxygen atoms in total. The standard InChI is InChI=1S/C27H27N3O6S2/c1-19-23(28-27(36-19)25-12-6-14-37-25)18-35-22-10-4-7-20(15-22)16-29(17-26(31)32)38(33,34)30-13-5-9-21-8-2-3-11-24(21)30/h2-4,6-8,10-12,14-15H,5,9,13,16-18H2,1H3,(H,31,32).